The van der Waals surface area contributed by atoms with E-state index in [1.54, 1.807) is 4.68 Å². The highest BCUT2D eigenvalue weighted by Crippen LogP contribution is 2.46. The fourth-order valence-corrected chi connectivity index (χ4v) is 4.66. The Morgan fingerprint density at radius 3 is 2.50 bits per heavy atom. The van der Waals surface area contributed by atoms with Gasteiger partial charge in [-0.05, 0) is 44.2 Å². The summed E-state index contributed by atoms with van der Waals surface area (Å²) in [6.45, 7) is 1.95. The molecule has 4 heterocycles. The molecule has 2 aliphatic rings. The van der Waals surface area contributed by atoms with Crippen LogP contribution in [0.1, 0.15) is 85.0 Å². The van der Waals surface area contributed by atoms with E-state index >= 15 is 0 Å². The van der Waals surface area contributed by atoms with Crippen molar-refractivity contribution in [2.75, 3.05) is 0 Å². The van der Waals surface area contributed by atoms with Gasteiger partial charge < -0.3 is 4.98 Å². The normalized spacial score (nSPS) is 20.6. The van der Waals surface area contributed by atoms with Crippen molar-refractivity contribution in [2.45, 2.75) is 56.4 Å². The predicted octanol–water partition coefficient (Wildman–Crippen LogP) is 3.46. The van der Waals surface area contributed by atoms with E-state index in [1.165, 1.54) is 12.8 Å². The summed E-state index contributed by atoms with van der Waals surface area (Å²) in [4.78, 5) is 33.4. The van der Waals surface area contributed by atoms with E-state index in [2.05, 4.69) is 25.0 Å². The lowest BCUT2D eigenvalue weighted by Gasteiger charge is -2.34. The quantitative estimate of drug-likeness (QED) is 0.487. The molecule has 4 aromatic heterocycles. The minimum absolute atomic E-state index is 0.0386. The summed E-state index contributed by atoms with van der Waals surface area (Å²) in [6, 6.07) is 5.81. The second-order valence-electron chi connectivity index (χ2n) is 9.07. The van der Waals surface area contributed by atoms with Crippen LogP contribution in [0.3, 0.4) is 0 Å². The van der Waals surface area contributed by atoms with Gasteiger partial charge >= 0.3 is 0 Å². The van der Waals surface area contributed by atoms with Crippen molar-refractivity contribution in [3.05, 3.63) is 75.5 Å². The van der Waals surface area contributed by atoms with E-state index < -0.39 is 11.4 Å². The van der Waals surface area contributed by atoms with Crippen molar-refractivity contribution in [1.29, 1.82) is 5.26 Å². The molecule has 0 amide bonds. The summed E-state index contributed by atoms with van der Waals surface area (Å²) in [7, 11) is 0. The molecule has 2 fully saturated rings. The van der Waals surface area contributed by atoms with Gasteiger partial charge in [-0.3, -0.25) is 9.78 Å². The van der Waals surface area contributed by atoms with Crippen LogP contribution >= 0.6 is 0 Å². The van der Waals surface area contributed by atoms with Gasteiger partial charge in [0.25, 0.3) is 5.56 Å². The number of halogens is 1. The van der Waals surface area contributed by atoms with Crippen molar-refractivity contribution >= 4 is 11.0 Å². The highest BCUT2D eigenvalue weighted by atomic mass is 19.1. The maximum absolute atomic E-state index is 13.3. The first-order chi connectivity index (χ1) is 16.5. The van der Waals surface area contributed by atoms with E-state index in [-0.39, 0.29) is 29.0 Å². The van der Waals surface area contributed by atoms with Crippen LogP contribution in [-0.2, 0) is 0 Å². The van der Waals surface area contributed by atoms with Crippen molar-refractivity contribution < 1.29 is 4.39 Å². The summed E-state index contributed by atoms with van der Waals surface area (Å²) >= 11 is 0. The number of aromatic nitrogens is 7. The lowest BCUT2D eigenvalue weighted by molar-refractivity contribution is 0.318. The number of hydrogen-bond acceptors (Lipinski definition) is 7. The molecule has 0 spiro atoms. The Bertz CT molecular complexity index is 1480. The van der Waals surface area contributed by atoms with Gasteiger partial charge in [-0.1, -0.05) is 6.07 Å². The molecule has 1 N–H and O–H groups in total. The lowest BCUT2D eigenvalue weighted by Crippen LogP contribution is -2.28. The summed E-state index contributed by atoms with van der Waals surface area (Å²) in [5.74, 6) is 0.928. The van der Waals surface area contributed by atoms with Crippen LogP contribution in [0.4, 0.5) is 4.39 Å². The Morgan fingerprint density at radius 2 is 1.88 bits per heavy atom. The molecule has 34 heavy (non-hydrogen) atoms. The van der Waals surface area contributed by atoms with Crippen LogP contribution in [0.15, 0.2) is 35.5 Å². The standard InChI is InChI=1S/C24H21FN8O/c1-12(14-4-7-18(27-9-14)13-2-3-13)33-23-20(19(8-26)32-33)24(34)31-22(30-23)17-6-5-16(17)21-28-10-15(25)11-29-21/h4,7,9-13,16-17H,2-3,5-6H2,1H3,(H,30,31,34)/t12?,16-,17-/m1/s1. The minimum atomic E-state index is -0.492. The van der Waals surface area contributed by atoms with Crippen molar-refractivity contribution in [3.63, 3.8) is 0 Å². The zero-order valence-corrected chi connectivity index (χ0v) is 18.4. The first kappa shape index (κ1) is 20.6. The summed E-state index contributed by atoms with van der Waals surface area (Å²) in [5.41, 5.74) is 2.01. The summed E-state index contributed by atoms with van der Waals surface area (Å²) < 4.78 is 14.9. The third-order valence-corrected chi connectivity index (χ3v) is 6.94. The number of pyridine rings is 1. The Hall–Kier alpha value is -4.00. The molecule has 9 nitrogen and oxygen atoms in total. The molecule has 0 saturated heterocycles. The Balaban J connectivity index is 1.40. The van der Waals surface area contributed by atoms with Crippen molar-refractivity contribution in [3.8, 4) is 6.07 Å². The van der Waals surface area contributed by atoms with Gasteiger partial charge in [0.1, 0.15) is 23.1 Å². The monoisotopic (exact) mass is 456 g/mol. The Kier molecular flexibility index (Phi) is 4.72. The van der Waals surface area contributed by atoms with Crippen LogP contribution in [0.25, 0.3) is 11.0 Å². The number of nitrogens with zero attached hydrogens (tertiary/aromatic N) is 7. The van der Waals surface area contributed by atoms with E-state index in [0.29, 0.717) is 23.2 Å². The van der Waals surface area contributed by atoms with Gasteiger partial charge in [-0.2, -0.15) is 10.4 Å². The number of fused-ring (bicyclic) bond motifs is 1. The largest absolute Gasteiger partial charge is 0.310 e. The van der Waals surface area contributed by atoms with Crippen molar-refractivity contribution in [1.82, 2.24) is 34.7 Å². The van der Waals surface area contributed by atoms with Gasteiger partial charge in [0.15, 0.2) is 17.2 Å². The van der Waals surface area contributed by atoms with Gasteiger partial charge in [0.2, 0.25) is 0 Å². The maximum atomic E-state index is 13.3. The third-order valence-electron chi connectivity index (χ3n) is 6.94. The number of aromatic amines is 1. The van der Waals surface area contributed by atoms with E-state index in [0.717, 1.165) is 36.5 Å². The molecule has 4 aromatic rings. The van der Waals surface area contributed by atoms with Gasteiger partial charge in [-0.25, -0.2) is 24.0 Å². The fraction of sp³-hybridized carbons (Fsp3) is 0.375. The smallest absolute Gasteiger partial charge is 0.263 e. The average Bonchev–Trinajstić information content (AvgIpc) is 3.60. The first-order valence-corrected chi connectivity index (χ1v) is 11.4. The molecule has 0 aliphatic heterocycles. The zero-order valence-electron chi connectivity index (χ0n) is 18.4. The molecular weight excluding hydrogens is 435 g/mol. The second kappa shape index (κ2) is 7.80. The fourth-order valence-electron chi connectivity index (χ4n) is 4.66. The van der Waals surface area contributed by atoms with Gasteiger partial charge in [0, 0.05) is 29.6 Å². The first-order valence-electron chi connectivity index (χ1n) is 11.4. The Labute approximate surface area is 193 Å². The number of nitriles is 1. The number of hydrogen-bond donors (Lipinski definition) is 1. The minimum Gasteiger partial charge on any atom is -0.310 e. The molecule has 0 radical (unpaired) electrons. The average molecular weight is 456 g/mol. The maximum Gasteiger partial charge on any atom is 0.263 e. The van der Waals surface area contributed by atoms with Crippen LogP contribution in [0.2, 0.25) is 0 Å². The molecular formula is C24H21FN8O. The highest BCUT2D eigenvalue weighted by Gasteiger charge is 2.38. The number of H-pyrrole nitrogens is 1. The molecule has 3 atom stereocenters. The molecule has 170 valence electrons. The summed E-state index contributed by atoms with van der Waals surface area (Å²) in [5, 5.41) is 14.2. The van der Waals surface area contributed by atoms with Crippen LogP contribution in [0.5, 0.6) is 0 Å². The third kappa shape index (κ3) is 3.36. The van der Waals surface area contributed by atoms with E-state index in [4.69, 9.17) is 4.98 Å². The second-order valence-corrected chi connectivity index (χ2v) is 9.07. The predicted molar refractivity (Wildman–Crippen MR) is 120 cm³/mol. The van der Waals surface area contributed by atoms with Crippen LogP contribution in [-0.4, -0.2) is 34.7 Å². The summed E-state index contributed by atoms with van der Waals surface area (Å²) in [6.07, 6.45) is 8.10. The van der Waals surface area contributed by atoms with E-state index in [9.17, 15) is 14.4 Å². The molecule has 2 saturated carbocycles. The van der Waals surface area contributed by atoms with Gasteiger partial charge in [0.05, 0.1) is 18.4 Å². The molecule has 10 heteroatoms. The lowest BCUT2D eigenvalue weighted by atomic mass is 9.72. The SMILES string of the molecule is CC(c1ccc(C2CC2)nc1)n1nc(C#N)c2c(=O)[nH]c([C@@H]3CC[C@H]3c3ncc(F)cn3)nc21. The molecule has 1 unspecified atom stereocenters. The van der Waals surface area contributed by atoms with Crippen LogP contribution < -0.4 is 5.56 Å². The molecule has 2 aliphatic carbocycles. The number of nitrogens with one attached hydrogen (secondary N) is 1. The van der Waals surface area contributed by atoms with Crippen molar-refractivity contribution in [2.24, 2.45) is 0 Å². The van der Waals surface area contributed by atoms with Crippen LogP contribution in [0, 0.1) is 17.1 Å². The zero-order chi connectivity index (χ0) is 23.4. The molecule has 0 aromatic carbocycles. The van der Waals surface area contributed by atoms with Gasteiger partial charge in [-0.15, -0.1) is 0 Å². The molecule has 0 bridgehead atoms. The highest BCUT2D eigenvalue weighted by molar-refractivity contribution is 5.80. The topological polar surface area (TPSA) is 126 Å². The number of rotatable bonds is 5. The molecule has 6 rings (SSSR count). The Morgan fingerprint density at radius 1 is 1.12 bits per heavy atom. The van der Waals surface area contributed by atoms with E-state index in [1.807, 2.05) is 31.3 Å².